The Morgan fingerprint density at radius 1 is 1.28 bits per heavy atom. The summed E-state index contributed by atoms with van der Waals surface area (Å²) in [7, 11) is 0. The summed E-state index contributed by atoms with van der Waals surface area (Å²) in [6, 6.07) is 6.84. The van der Waals surface area contributed by atoms with E-state index in [2.05, 4.69) is 28.5 Å². The van der Waals surface area contributed by atoms with Crippen LogP contribution in [0.3, 0.4) is 0 Å². The first-order valence-corrected chi connectivity index (χ1v) is 8.96. The van der Waals surface area contributed by atoms with Crippen LogP contribution in [0.15, 0.2) is 24.3 Å². The number of terminal acetylenes is 1. The Bertz CT molecular complexity index is 805. The minimum Gasteiger partial charge on any atom is -0.341 e. The number of nitrogens with one attached hydrogen (secondary N) is 2. The second kappa shape index (κ2) is 9.00. The summed E-state index contributed by atoms with van der Waals surface area (Å²) >= 11 is 1.40. The van der Waals surface area contributed by atoms with Gasteiger partial charge in [-0.05, 0) is 31.9 Å². The van der Waals surface area contributed by atoms with E-state index >= 15 is 0 Å². The van der Waals surface area contributed by atoms with Crippen molar-refractivity contribution in [2.24, 2.45) is 0 Å². The maximum atomic E-state index is 12.6. The van der Waals surface area contributed by atoms with Crippen LogP contribution in [0, 0.1) is 19.3 Å². The molecule has 25 heavy (non-hydrogen) atoms. The zero-order chi connectivity index (χ0) is 18.2. The average Bonchev–Trinajstić information content (AvgIpc) is 2.99. The highest BCUT2D eigenvalue weighted by Crippen LogP contribution is 2.22. The summed E-state index contributed by atoms with van der Waals surface area (Å²) < 4.78 is 0. The maximum absolute atomic E-state index is 12.6. The van der Waals surface area contributed by atoms with Crippen LogP contribution in [0.1, 0.15) is 50.5 Å². The van der Waals surface area contributed by atoms with Crippen LogP contribution in [-0.2, 0) is 6.42 Å². The van der Waals surface area contributed by atoms with Gasteiger partial charge >= 0.3 is 0 Å². The second-order valence-electron chi connectivity index (χ2n) is 5.51. The maximum Gasteiger partial charge on any atom is 0.267 e. The van der Waals surface area contributed by atoms with Gasteiger partial charge < -0.3 is 10.6 Å². The van der Waals surface area contributed by atoms with Crippen LogP contribution in [0.5, 0.6) is 0 Å². The molecule has 0 unspecified atom stereocenters. The van der Waals surface area contributed by atoms with Gasteiger partial charge in [-0.3, -0.25) is 9.59 Å². The smallest absolute Gasteiger partial charge is 0.267 e. The van der Waals surface area contributed by atoms with Gasteiger partial charge in [-0.2, -0.15) is 0 Å². The molecule has 0 aliphatic carbocycles. The highest BCUT2D eigenvalue weighted by molar-refractivity contribution is 7.13. The number of nitrogens with zero attached hydrogens (tertiary/aromatic N) is 1. The summed E-state index contributed by atoms with van der Waals surface area (Å²) in [5.41, 5.74) is 1.53. The molecule has 0 aliphatic heterocycles. The fourth-order valence-corrected chi connectivity index (χ4v) is 3.30. The average molecular weight is 355 g/mol. The largest absolute Gasteiger partial charge is 0.341 e. The van der Waals surface area contributed by atoms with E-state index in [-0.39, 0.29) is 18.4 Å². The third-order valence-corrected chi connectivity index (χ3v) is 4.78. The molecule has 2 aromatic rings. The van der Waals surface area contributed by atoms with Gasteiger partial charge in [0, 0.05) is 0 Å². The fourth-order valence-electron chi connectivity index (χ4n) is 2.29. The van der Waals surface area contributed by atoms with Crippen molar-refractivity contribution in [1.29, 1.82) is 0 Å². The lowest BCUT2D eigenvalue weighted by atomic mass is 10.1. The Kier molecular flexibility index (Phi) is 6.72. The minimum absolute atomic E-state index is 0.135. The summed E-state index contributed by atoms with van der Waals surface area (Å²) in [5.74, 6) is 1.78. The second-order valence-corrected chi connectivity index (χ2v) is 6.60. The van der Waals surface area contributed by atoms with Gasteiger partial charge in [-0.25, -0.2) is 4.98 Å². The monoisotopic (exact) mass is 355 g/mol. The van der Waals surface area contributed by atoms with Gasteiger partial charge in [0.05, 0.1) is 28.5 Å². The number of carbonyl (C=O) groups is 2. The van der Waals surface area contributed by atoms with Crippen LogP contribution in [0.25, 0.3) is 0 Å². The van der Waals surface area contributed by atoms with Crippen LogP contribution >= 0.6 is 11.3 Å². The quantitative estimate of drug-likeness (QED) is 0.748. The molecule has 2 rings (SSSR count). The number of unbranched alkanes of at least 4 members (excludes halogenated alkanes) is 1. The summed E-state index contributed by atoms with van der Waals surface area (Å²) in [6.07, 6.45) is 8.17. The molecule has 0 saturated carbocycles. The van der Waals surface area contributed by atoms with Crippen LogP contribution in [0.2, 0.25) is 0 Å². The highest BCUT2D eigenvalue weighted by atomic mass is 32.1. The van der Waals surface area contributed by atoms with Gasteiger partial charge in [0.25, 0.3) is 11.8 Å². The first kappa shape index (κ1) is 18.7. The lowest BCUT2D eigenvalue weighted by Crippen LogP contribution is -2.25. The van der Waals surface area contributed by atoms with Gasteiger partial charge in [-0.1, -0.05) is 31.4 Å². The van der Waals surface area contributed by atoms with Crippen LogP contribution < -0.4 is 10.6 Å². The van der Waals surface area contributed by atoms with Gasteiger partial charge in [0.2, 0.25) is 0 Å². The Balaban J connectivity index is 2.17. The van der Waals surface area contributed by atoms with Crippen molar-refractivity contribution in [2.75, 3.05) is 11.9 Å². The third-order valence-electron chi connectivity index (χ3n) is 3.56. The molecule has 0 saturated heterocycles. The van der Waals surface area contributed by atoms with E-state index < -0.39 is 0 Å². The van der Waals surface area contributed by atoms with Crippen LogP contribution in [-0.4, -0.2) is 23.3 Å². The number of anilines is 1. The van der Waals surface area contributed by atoms with Crippen LogP contribution in [0.4, 0.5) is 5.69 Å². The lowest BCUT2D eigenvalue weighted by molar-refractivity contribution is 0.0959. The zero-order valence-corrected chi connectivity index (χ0v) is 15.2. The molecule has 0 spiro atoms. The highest BCUT2D eigenvalue weighted by Gasteiger charge is 2.18. The summed E-state index contributed by atoms with van der Waals surface area (Å²) in [5, 5.41) is 6.38. The van der Waals surface area contributed by atoms with Crippen molar-refractivity contribution >= 4 is 28.8 Å². The number of hydrogen-bond acceptors (Lipinski definition) is 4. The fraction of sp³-hybridized carbons (Fsp3) is 0.316. The van der Waals surface area contributed by atoms with Gasteiger partial charge in [-0.15, -0.1) is 17.8 Å². The molecule has 5 nitrogen and oxygen atoms in total. The van der Waals surface area contributed by atoms with E-state index in [0.29, 0.717) is 21.8 Å². The van der Waals surface area contributed by atoms with Gasteiger partial charge in [0.15, 0.2) is 0 Å². The number of aromatic nitrogens is 1. The molecule has 0 aliphatic rings. The molecule has 1 aromatic heterocycles. The molecular formula is C19H21N3O2S. The number of carbonyl (C=O) groups excluding carboxylic acids is 2. The minimum atomic E-state index is -0.321. The van der Waals surface area contributed by atoms with E-state index in [1.807, 2.05) is 6.92 Å². The lowest BCUT2D eigenvalue weighted by Gasteiger charge is -2.10. The standard InChI is InChI=1S/C19H21N3O2S/c1-4-6-11-16-21-13(3)17(25-16)19(24)22-15-10-8-7-9-14(15)18(23)20-12-5-2/h2,7-10H,4,6,11-12H2,1,3H3,(H,20,23)(H,22,24). The van der Waals surface area contributed by atoms with Crippen molar-refractivity contribution < 1.29 is 9.59 Å². The number of para-hydroxylation sites is 1. The number of amides is 2. The summed E-state index contributed by atoms with van der Waals surface area (Å²) in [6.45, 7) is 4.08. The Hall–Kier alpha value is -2.65. The van der Waals surface area contributed by atoms with E-state index in [1.54, 1.807) is 24.3 Å². The Morgan fingerprint density at radius 2 is 2.04 bits per heavy atom. The molecule has 2 N–H and O–H groups in total. The van der Waals surface area contributed by atoms with Crippen molar-refractivity contribution in [1.82, 2.24) is 10.3 Å². The third kappa shape index (κ3) is 4.91. The van der Waals surface area contributed by atoms with E-state index in [1.165, 1.54) is 11.3 Å². The Labute approximate surface area is 151 Å². The molecule has 0 bridgehead atoms. The molecule has 1 aromatic carbocycles. The first-order valence-electron chi connectivity index (χ1n) is 8.15. The van der Waals surface area contributed by atoms with E-state index in [4.69, 9.17) is 6.42 Å². The number of thiazole rings is 1. The molecule has 0 atom stereocenters. The van der Waals surface area contributed by atoms with Crippen molar-refractivity contribution in [3.8, 4) is 12.3 Å². The normalized spacial score (nSPS) is 10.1. The van der Waals surface area contributed by atoms with Gasteiger partial charge in [0.1, 0.15) is 4.88 Å². The van der Waals surface area contributed by atoms with E-state index in [0.717, 1.165) is 24.3 Å². The molecule has 1 heterocycles. The predicted octanol–water partition coefficient (Wildman–Crippen LogP) is 3.41. The van der Waals surface area contributed by atoms with Crippen molar-refractivity contribution in [3.05, 3.63) is 45.4 Å². The molecule has 0 radical (unpaired) electrons. The molecular weight excluding hydrogens is 334 g/mol. The topological polar surface area (TPSA) is 71.1 Å². The number of rotatable bonds is 7. The summed E-state index contributed by atoms with van der Waals surface area (Å²) in [4.78, 5) is 29.8. The SMILES string of the molecule is C#CCNC(=O)c1ccccc1NC(=O)c1sc(CCCC)nc1C. The van der Waals surface area contributed by atoms with E-state index in [9.17, 15) is 9.59 Å². The zero-order valence-electron chi connectivity index (χ0n) is 14.4. The molecule has 6 heteroatoms. The molecule has 2 amide bonds. The molecule has 0 fully saturated rings. The molecule has 130 valence electrons. The van der Waals surface area contributed by atoms with Crippen molar-refractivity contribution in [2.45, 2.75) is 33.1 Å². The number of aryl methyl sites for hydroxylation is 2. The number of hydrogen-bond donors (Lipinski definition) is 2. The van der Waals surface area contributed by atoms with Crippen molar-refractivity contribution in [3.63, 3.8) is 0 Å². The first-order chi connectivity index (χ1) is 12.1. The predicted molar refractivity (Wildman–Crippen MR) is 101 cm³/mol. The number of benzene rings is 1. The Morgan fingerprint density at radius 3 is 2.76 bits per heavy atom.